The van der Waals surface area contributed by atoms with E-state index in [1.54, 1.807) is 0 Å². The van der Waals surface area contributed by atoms with Gasteiger partial charge in [-0.2, -0.15) is 0 Å². The van der Waals surface area contributed by atoms with Crippen molar-refractivity contribution in [3.05, 3.63) is 0 Å². The van der Waals surface area contributed by atoms with Crippen LogP contribution in [-0.2, 0) is 4.79 Å². The molecule has 0 heterocycles. The lowest BCUT2D eigenvalue weighted by Gasteiger charge is -2.15. The fourth-order valence-electron chi connectivity index (χ4n) is 1.66. The molecule has 1 unspecified atom stereocenters. The Balaban J connectivity index is 3.49. The molecular weight excluding hydrogens is 200 g/mol. The van der Waals surface area contributed by atoms with E-state index in [4.69, 9.17) is 0 Å². The molecule has 0 rings (SSSR count). The second-order valence-electron chi connectivity index (χ2n) is 4.40. The Labute approximate surface area is 100 Å². The van der Waals surface area contributed by atoms with Crippen molar-refractivity contribution in [1.29, 1.82) is 0 Å². The Morgan fingerprint density at radius 2 is 1.94 bits per heavy atom. The molecule has 0 saturated heterocycles. The Morgan fingerprint density at radius 1 is 1.19 bits per heavy atom. The summed E-state index contributed by atoms with van der Waals surface area (Å²) in [7, 11) is 0. The quantitative estimate of drug-likeness (QED) is 0.602. The number of carbonyl (C=O) groups excluding carboxylic acids is 1. The van der Waals surface area contributed by atoms with Gasteiger partial charge in [0.2, 0.25) is 5.91 Å². The van der Waals surface area contributed by atoms with Crippen LogP contribution in [0.2, 0.25) is 0 Å². The lowest BCUT2D eigenvalue weighted by atomic mass is 9.99. The zero-order valence-electron chi connectivity index (χ0n) is 11.1. The first kappa shape index (κ1) is 15.4. The van der Waals surface area contributed by atoms with Gasteiger partial charge in [0.05, 0.1) is 6.54 Å². The molecule has 16 heavy (non-hydrogen) atoms. The van der Waals surface area contributed by atoms with E-state index in [0.29, 0.717) is 6.54 Å². The van der Waals surface area contributed by atoms with Crippen LogP contribution in [0.25, 0.3) is 0 Å². The molecule has 1 atom stereocenters. The maximum atomic E-state index is 11.3. The largest absolute Gasteiger partial charge is 0.355 e. The molecule has 0 saturated carbocycles. The van der Waals surface area contributed by atoms with Crippen molar-refractivity contribution in [2.75, 3.05) is 19.6 Å². The minimum atomic E-state index is 0.118. The average Bonchev–Trinajstić information content (AvgIpc) is 2.30. The minimum absolute atomic E-state index is 0.118. The van der Waals surface area contributed by atoms with Crippen molar-refractivity contribution >= 4 is 5.91 Å². The first-order valence-corrected chi connectivity index (χ1v) is 6.71. The van der Waals surface area contributed by atoms with Crippen molar-refractivity contribution in [3.8, 4) is 0 Å². The summed E-state index contributed by atoms with van der Waals surface area (Å²) in [5.41, 5.74) is 0. The van der Waals surface area contributed by atoms with E-state index in [1.807, 2.05) is 0 Å². The molecule has 3 heteroatoms. The topological polar surface area (TPSA) is 41.1 Å². The minimum Gasteiger partial charge on any atom is -0.355 e. The van der Waals surface area contributed by atoms with E-state index in [2.05, 4.69) is 31.4 Å². The van der Waals surface area contributed by atoms with E-state index in [-0.39, 0.29) is 5.91 Å². The predicted molar refractivity (Wildman–Crippen MR) is 69.5 cm³/mol. The maximum Gasteiger partial charge on any atom is 0.233 e. The van der Waals surface area contributed by atoms with Gasteiger partial charge in [-0.1, -0.05) is 40.0 Å². The monoisotopic (exact) mass is 228 g/mol. The van der Waals surface area contributed by atoms with Gasteiger partial charge in [-0.25, -0.2) is 0 Å². The number of rotatable bonds is 10. The first-order valence-electron chi connectivity index (χ1n) is 6.71. The Kier molecular flexibility index (Phi) is 10.5. The number of carbonyl (C=O) groups is 1. The fraction of sp³-hybridized carbons (Fsp3) is 0.923. The molecule has 0 spiro atoms. The predicted octanol–water partition coefficient (Wildman–Crippen LogP) is 2.32. The van der Waals surface area contributed by atoms with Crippen LogP contribution in [-0.4, -0.2) is 25.5 Å². The summed E-state index contributed by atoms with van der Waals surface area (Å²) >= 11 is 0. The SMILES string of the molecule is CCCCC(CC)CNCC(=O)NCCC. The molecule has 0 fully saturated rings. The van der Waals surface area contributed by atoms with Crippen molar-refractivity contribution < 1.29 is 4.79 Å². The molecule has 0 aromatic heterocycles. The lowest BCUT2D eigenvalue weighted by molar-refractivity contribution is -0.120. The van der Waals surface area contributed by atoms with Crippen LogP contribution in [0.15, 0.2) is 0 Å². The second-order valence-corrected chi connectivity index (χ2v) is 4.40. The van der Waals surface area contributed by atoms with Crippen molar-refractivity contribution in [1.82, 2.24) is 10.6 Å². The van der Waals surface area contributed by atoms with Crippen LogP contribution in [0, 0.1) is 5.92 Å². The highest BCUT2D eigenvalue weighted by Gasteiger charge is 2.06. The van der Waals surface area contributed by atoms with Gasteiger partial charge in [0, 0.05) is 6.54 Å². The molecule has 0 radical (unpaired) electrons. The zero-order chi connectivity index (χ0) is 12.2. The Morgan fingerprint density at radius 3 is 2.50 bits per heavy atom. The maximum absolute atomic E-state index is 11.3. The van der Waals surface area contributed by atoms with Crippen molar-refractivity contribution in [3.63, 3.8) is 0 Å². The number of hydrogen-bond donors (Lipinski definition) is 2. The van der Waals surface area contributed by atoms with Crippen LogP contribution in [0.3, 0.4) is 0 Å². The van der Waals surface area contributed by atoms with E-state index < -0.39 is 0 Å². The summed E-state index contributed by atoms with van der Waals surface area (Å²) in [4.78, 5) is 11.3. The van der Waals surface area contributed by atoms with Crippen LogP contribution >= 0.6 is 0 Å². The lowest BCUT2D eigenvalue weighted by Crippen LogP contribution is -2.36. The highest BCUT2D eigenvalue weighted by Crippen LogP contribution is 2.10. The number of unbranched alkanes of at least 4 members (excludes halogenated alkanes) is 1. The number of hydrogen-bond acceptors (Lipinski definition) is 2. The highest BCUT2D eigenvalue weighted by molar-refractivity contribution is 5.77. The van der Waals surface area contributed by atoms with Gasteiger partial charge in [0.15, 0.2) is 0 Å². The first-order chi connectivity index (χ1) is 7.74. The smallest absolute Gasteiger partial charge is 0.233 e. The highest BCUT2D eigenvalue weighted by atomic mass is 16.1. The number of nitrogens with one attached hydrogen (secondary N) is 2. The van der Waals surface area contributed by atoms with Crippen LogP contribution in [0.5, 0.6) is 0 Å². The summed E-state index contributed by atoms with van der Waals surface area (Å²) in [6.45, 7) is 8.72. The van der Waals surface area contributed by atoms with E-state index in [0.717, 1.165) is 25.4 Å². The average molecular weight is 228 g/mol. The van der Waals surface area contributed by atoms with E-state index >= 15 is 0 Å². The molecule has 1 amide bonds. The molecule has 0 aliphatic carbocycles. The van der Waals surface area contributed by atoms with Gasteiger partial charge in [0.25, 0.3) is 0 Å². The zero-order valence-corrected chi connectivity index (χ0v) is 11.1. The van der Waals surface area contributed by atoms with E-state index in [1.165, 1.54) is 25.7 Å². The van der Waals surface area contributed by atoms with Gasteiger partial charge in [-0.15, -0.1) is 0 Å². The second kappa shape index (κ2) is 10.9. The van der Waals surface area contributed by atoms with Gasteiger partial charge in [-0.3, -0.25) is 4.79 Å². The molecule has 3 nitrogen and oxygen atoms in total. The molecule has 2 N–H and O–H groups in total. The standard InChI is InChI=1S/C13H28N2O/c1-4-7-8-12(6-3)10-14-11-13(16)15-9-5-2/h12,14H,4-11H2,1-3H3,(H,15,16). The van der Waals surface area contributed by atoms with Gasteiger partial charge < -0.3 is 10.6 Å². The normalized spacial score (nSPS) is 12.4. The van der Waals surface area contributed by atoms with Crippen LogP contribution in [0.1, 0.15) is 52.9 Å². The summed E-state index contributed by atoms with van der Waals surface area (Å²) in [5, 5.41) is 6.11. The Bertz CT molecular complexity index is 171. The number of amides is 1. The molecule has 0 aromatic carbocycles. The summed E-state index contributed by atoms with van der Waals surface area (Å²) in [6.07, 6.45) is 6.02. The Hall–Kier alpha value is -0.570. The molecular formula is C13H28N2O. The third kappa shape index (κ3) is 8.72. The molecule has 96 valence electrons. The van der Waals surface area contributed by atoms with Gasteiger partial charge >= 0.3 is 0 Å². The summed E-state index contributed by atoms with van der Waals surface area (Å²) in [5.74, 6) is 0.839. The van der Waals surface area contributed by atoms with Gasteiger partial charge in [0.1, 0.15) is 0 Å². The summed E-state index contributed by atoms with van der Waals surface area (Å²) in [6, 6.07) is 0. The summed E-state index contributed by atoms with van der Waals surface area (Å²) < 4.78 is 0. The van der Waals surface area contributed by atoms with Crippen LogP contribution < -0.4 is 10.6 Å². The molecule has 0 aromatic rings. The van der Waals surface area contributed by atoms with Crippen molar-refractivity contribution in [2.45, 2.75) is 52.9 Å². The third-order valence-corrected chi connectivity index (χ3v) is 2.83. The van der Waals surface area contributed by atoms with Crippen LogP contribution in [0.4, 0.5) is 0 Å². The van der Waals surface area contributed by atoms with Crippen molar-refractivity contribution in [2.24, 2.45) is 5.92 Å². The molecule has 0 aliphatic rings. The fourth-order valence-corrected chi connectivity index (χ4v) is 1.66. The third-order valence-electron chi connectivity index (χ3n) is 2.83. The molecule has 0 bridgehead atoms. The van der Waals surface area contributed by atoms with E-state index in [9.17, 15) is 4.79 Å². The van der Waals surface area contributed by atoms with Gasteiger partial charge in [-0.05, 0) is 25.3 Å². The molecule has 0 aliphatic heterocycles.